The maximum absolute atomic E-state index is 12.7. The number of aromatic amines is 1. The van der Waals surface area contributed by atoms with Gasteiger partial charge in [0.1, 0.15) is 0 Å². The molecule has 4 rings (SSSR count). The standard InChI is InChI=1S/C21H17N3O5/c1-3-29-21(26)15-10-16(12-4-6-13(7-5-12)20(25)27-2)22-19-17(15)18(23-24-19)14-8-9-28-11-14/h4-11H,3H2,1-2H3,(H,22,23,24). The molecule has 0 bridgehead atoms. The van der Waals surface area contributed by atoms with Crippen molar-refractivity contribution in [3.63, 3.8) is 0 Å². The number of methoxy groups -OCH3 is 1. The zero-order chi connectivity index (χ0) is 20.4. The predicted octanol–water partition coefficient (Wildman–Crippen LogP) is 3.85. The lowest BCUT2D eigenvalue weighted by atomic mass is 10.0. The maximum Gasteiger partial charge on any atom is 0.339 e. The third-order valence-electron chi connectivity index (χ3n) is 4.43. The minimum atomic E-state index is -0.474. The van der Waals surface area contributed by atoms with Gasteiger partial charge in [-0.15, -0.1) is 0 Å². The molecular formula is C21H17N3O5. The van der Waals surface area contributed by atoms with Gasteiger partial charge in [0.25, 0.3) is 0 Å². The summed E-state index contributed by atoms with van der Waals surface area (Å²) in [5.41, 5.74) is 3.75. The van der Waals surface area contributed by atoms with Crippen LogP contribution in [0.5, 0.6) is 0 Å². The molecule has 4 aromatic rings. The second kappa shape index (κ2) is 7.59. The van der Waals surface area contributed by atoms with Crippen LogP contribution in [0.3, 0.4) is 0 Å². The van der Waals surface area contributed by atoms with Gasteiger partial charge >= 0.3 is 11.9 Å². The monoisotopic (exact) mass is 391 g/mol. The molecular weight excluding hydrogens is 374 g/mol. The quantitative estimate of drug-likeness (QED) is 0.515. The lowest BCUT2D eigenvalue weighted by Gasteiger charge is -2.08. The number of aromatic nitrogens is 3. The molecule has 146 valence electrons. The van der Waals surface area contributed by atoms with Crippen molar-refractivity contribution in [2.45, 2.75) is 6.92 Å². The number of nitrogens with zero attached hydrogens (tertiary/aromatic N) is 2. The molecule has 0 saturated carbocycles. The molecule has 0 fully saturated rings. The number of pyridine rings is 1. The molecule has 0 atom stereocenters. The first-order valence-corrected chi connectivity index (χ1v) is 8.90. The fourth-order valence-corrected chi connectivity index (χ4v) is 3.05. The van der Waals surface area contributed by atoms with Gasteiger partial charge in [0.05, 0.1) is 54.1 Å². The minimum Gasteiger partial charge on any atom is -0.472 e. The van der Waals surface area contributed by atoms with Gasteiger partial charge in [0.15, 0.2) is 5.65 Å². The van der Waals surface area contributed by atoms with Crippen LogP contribution < -0.4 is 0 Å². The summed E-state index contributed by atoms with van der Waals surface area (Å²) in [6.45, 7) is 1.99. The van der Waals surface area contributed by atoms with E-state index in [2.05, 4.69) is 15.2 Å². The zero-order valence-electron chi connectivity index (χ0n) is 15.8. The van der Waals surface area contributed by atoms with E-state index >= 15 is 0 Å². The fraction of sp³-hybridized carbons (Fsp3) is 0.143. The highest BCUT2D eigenvalue weighted by molar-refractivity contribution is 6.08. The number of carbonyl (C=O) groups excluding carboxylic acids is 2. The van der Waals surface area contributed by atoms with Crippen molar-refractivity contribution < 1.29 is 23.5 Å². The number of fused-ring (bicyclic) bond motifs is 1. The summed E-state index contributed by atoms with van der Waals surface area (Å²) in [6.07, 6.45) is 3.10. The number of hydrogen-bond acceptors (Lipinski definition) is 7. The molecule has 0 aliphatic rings. The van der Waals surface area contributed by atoms with Crippen molar-refractivity contribution in [3.05, 3.63) is 60.1 Å². The van der Waals surface area contributed by atoms with Gasteiger partial charge in [-0.1, -0.05) is 12.1 Å². The Labute approximate surface area is 165 Å². The maximum atomic E-state index is 12.7. The Balaban J connectivity index is 1.86. The summed E-state index contributed by atoms with van der Waals surface area (Å²) < 4.78 is 15.1. The molecule has 0 aliphatic heterocycles. The molecule has 0 amide bonds. The third kappa shape index (κ3) is 3.36. The van der Waals surface area contributed by atoms with Crippen LogP contribution in [0.1, 0.15) is 27.6 Å². The number of benzene rings is 1. The molecule has 29 heavy (non-hydrogen) atoms. The van der Waals surface area contributed by atoms with Crippen molar-refractivity contribution in [2.75, 3.05) is 13.7 Å². The number of ether oxygens (including phenoxy) is 2. The molecule has 0 unspecified atom stereocenters. The molecule has 8 nitrogen and oxygen atoms in total. The summed E-state index contributed by atoms with van der Waals surface area (Å²) in [4.78, 5) is 28.9. The van der Waals surface area contributed by atoms with E-state index in [4.69, 9.17) is 13.9 Å². The van der Waals surface area contributed by atoms with Crippen LogP contribution in [-0.2, 0) is 9.47 Å². The lowest BCUT2D eigenvalue weighted by Crippen LogP contribution is -2.06. The van der Waals surface area contributed by atoms with Gasteiger partial charge in [-0.05, 0) is 31.2 Å². The summed E-state index contributed by atoms with van der Waals surface area (Å²) in [7, 11) is 1.33. The van der Waals surface area contributed by atoms with E-state index in [1.807, 2.05) is 0 Å². The van der Waals surface area contributed by atoms with E-state index in [9.17, 15) is 9.59 Å². The van der Waals surface area contributed by atoms with E-state index in [-0.39, 0.29) is 6.61 Å². The van der Waals surface area contributed by atoms with Crippen LogP contribution in [0.4, 0.5) is 0 Å². The summed E-state index contributed by atoms with van der Waals surface area (Å²) in [6, 6.07) is 10.2. The molecule has 1 N–H and O–H groups in total. The average Bonchev–Trinajstić information content (AvgIpc) is 3.42. The van der Waals surface area contributed by atoms with E-state index in [0.717, 1.165) is 11.1 Å². The van der Waals surface area contributed by atoms with Gasteiger partial charge in [0, 0.05) is 11.1 Å². The van der Waals surface area contributed by atoms with Crippen LogP contribution in [0, 0.1) is 0 Å². The molecule has 0 aliphatic carbocycles. The van der Waals surface area contributed by atoms with Crippen LogP contribution in [0.2, 0.25) is 0 Å². The number of rotatable bonds is 5. The van der Waals surface area contributed by atoms with Crippen molar-refractivity contribution in [2.24, 2.45) is 0 Å². The zero-order valence-corrected chi connectivity index (χ0v) is 15.8. The number of esters is 2. The number of nitrogens with one attached hydrogen (secondary N) is 1. The number of H-pyrrole nitrogens is 1. The number of hydrogen-bond donors (Lipinski definition) is 1. The molecule has 0 saturated heterocycles. The van der Waals surface area contributed by atoms with Crippen LogP contribution in [0.15, 0.2) is 53.3 Å². The number of carbonyl (C=O) groups is 2. The van der Waals surface area contributed by atoms with E-state index < -0.39 is 11.9 Å². The van der Waals surface area contributed by atoms with Crippen molar-refractivity contribution >= 4 is 23.0 Å². The SMILES string of the molecule is CCOC(=O)c1cc(-c2ccc(C(=O)OC)cc2)nc2n[nH]c(-c3ccoc3)c12. The van der Waals surface area contributed by atoms with Gasteiger partial charge in [-0.25, -0.2) is 14.6 Å². The number of furan rings is 1. The highest BCUT2D eigenvalue weighted by atomic mass is 16.5. The predicted molar refractivity (Wildman–Crippen MR) is 104 cm³/mol. The van der Waals surface area contributed by atoms with Crippen LogP contribution in [0.25, 0.3) is 33.5 Å². The first kappa shape index (κ1) is 18.4. The van der Waals surface area contributed by atoms with Crippen molar-refractivity contribution in [1.29, 1.82) is 0 Å². The van der Waals surface area contributed by atoms with E-state index in [0.29, 0.717) is 33.5 Å². The van der Waals surface area contributed by atoms with Crippen LogP contribution in [-0.4, -0.2) is 40.8 Å². The highest BCUT2D eigenvalue weighted by Crippen LogP contribution is 2.32. The van der Waals surface area contributed by atoms with Gasteiger partial charge in [0.2, 0.25) is 0 Å². The first-order chi connectivity index (χ1) is 14.1. The Kier molecular flexibility index (Phi) is 4.82. The molecule has 1 aromatic carbocycles. The molecule has 3 aromatic heterocycles. The Hall–Kier alpha value is -3.94. The topological polar surface area (TPSA) is 107 Å². The Morgan fingerprint density at radius 3 is 2.55 bits per heavy atom. The molecule has 0 radical (unpaired) electrons. The molecule has 3 heterocycles. The fourth-order valence-electron chi connectivity index (χ4n) is 3.05. The minimum absolute atomic E-state index is 0.241. The van der Waals surface area contributed by atoms with E-state index in [1.165, 1.54) is 13.4 Å². The van der Waals surface area contributed by atoms with E-state index in [1.54, 1.807) is 49.6 Å². The third-order valence-corrected chi connectivity index (χ3v) is 4.43. The largest absolute Gasteiger partial charge is 0.472 e. The van der Waals surface area contributed by atoms with Gasteiger partial charge < -0.3 is 13.9 Å². The molecule has 0 spiro atoms. The van der Waals surface area contributed by atoms with Gasteiger partial charge in [-0.3, -0.25) is 5.10 Å². The highest BCUT2D eigenvalue weighted by Gasteiger charge is 2.21. The average molecular weight is 391 g/mol. The van der Waals surface area contributed by atoms with Crippen molar-refractivity contribution in [3.8, 4) is 22.5 Å². The second-order valence-electron chi connectivity index (χ2n) is 6.15. The summed E-state index contributed by atoms with van der Waals surface area (Å²) in [5.74, 6) is -0.900. The Bertz CT molecular complexity index is 1180. The van der Waals surface area contributed by atoms with Crippen LogP contribution >= 0.6 is 0 Å². The normalized spacial score (nSPS) is 10.8. The molecule has 8 heteroatoms. The Morgan fingerprint density at radius 1 is 1.10 bits per heavy atom. The first-order valence-electron chi connectivity index (χ1n) is 8.90. The summed E-state index contributed by atoms with van der Waals surface area (Å²) in [5, 5.41) is 7.74. The second-order valence-corrected chi connectivity index (χ2v) is 6.15. The van der Waals surface area contributed by atoms with Gasteiger partial charge in [-0.2, -0.15) is 5.10 Å². The lowest BCUT2D eigenvalue weighted by molar-refractivity contribution is 0.0527. The van der Waals surface area contributed by atoms with Crippen molar-refractivity contribution in [1.82, 2.24) is 15.2 Å². The Morgan fingerprint density at radius 2 is 1.90 bits per heavy atom. The smallest absolute Gasteiger partial charge is 0.339 e. The summed E-state index contributed by atoms with van der Waals surface area (Å²) >= 11 is 0.